The lowest BCUT2D eigenvalue weighted by molar-refractivity contribution is -0.145. The van der Waals surface area contributed by atoms with Gasteiger partial charge in [-0.3, -0.25) is 4.79 Å². The van der Waals surface area contributed by atoms with Gasteiger partial charge in [-0.2, -0.15) is 0 Å². The van der Waals surface area contributed by atoms with Crippen molar-refractivity contribution < 1.29 is 14.3 Å². The average Bonchev–Trinajstić information content (AvgIpc) is 2.78. The number of halogens is 1. The van der Waals surface area contributed by atoms with Crippen molar-refractivity contribution in [1.82, 2.24) is 0 Å². The van der Waals surface area contributed by atoms with Gasteiger partial charge >= 0.3 is 5.97 Å². The zero-order valence-electron chi connectivity index (χ0n) is 17.2. The van der Waals surface area contributed by atoms with E-state index < -0.39 is 0 Å². The molecule has 0 aliphatic rings. The molecule has 3 aromatic carbocycles. The maximum absolute atomic E-state index is 12.8. The molecule has 0 amide bonds. The van der Waals surface area contributed by atoms with Gasteiger partial charge in [-0.05, 0) is 35.7 Å². The lowest BCUT2D eigenvalue weighted by atomic mass is 9.88. The first-order chi connectivity index (χ1) is 14.7. The minimum Gasteiger partial charge on any atom is -0.493 e. The molecule has 0 radical (unpaired) electrons. The molecule has 0 saturated heterocycles. The summed E-state index contributed by atoms with van der Waals surface area (Å²) in [4.78, 5) is 12.8. The Labute approximate surface area is 187 Å². The fourth-order valence-corrected chi connectivity index (χ4v) is 3.68. The van der Waals surface area contributed by atoms with Crippen LogP contribution in [0.15, 0.2) is 83.3 Å². The van der Waals surface area contributed by atoms with E-state index in [-0.39, 0.29) is 24.9 Å². The van der Waals surface area contributed by atoms with Gasteiger partial charge in [0.15, 0.2) is 0 Å². The largest absolute Gasteiger partial charge is 0.493 e. The molecular formula is C26H27BrO3. The van der Waals surface area contributed by atoms with Crippen molar-refractivity contribution in [3.63, 3.8) is 0 Å². The van der Waals surface area contributed by atoms with Crippen molar-refractivity contribution in [3.05, 3.63) is 100 Å². The monoisotopic (exact) mass is 466 g/mol. The molecule has 0 heterocycles. The third-order valence-corrected chi connectivity index (χ3v) is 5.41. The van der Waals surface area contributed by atoms with Crippen LogP contribution in [-0.4, -0.2) is 12.6 Å². The summed E-state index contributed by atoms with van der Waals surface area (Å²) in [7, 11) is 0. The molecule has 0 fully saturated rings. The zero-order valence-corrected chi connectivity index (χ0v) is 18.8. The van der Waals surface area contributed by atoms with Gasteiger partial charge in [0.1, 0.15) is 12.4 Å². The fourth-order valence-electron chi connectivity index (χ4n) is 3.31. The Morgan fingerprint density at radius 1 is 0.967 bits per heavy atom. The second kappa shape index (κ2) is 11.6. The lowest BCUT2D eigenvalue weighted by Gasteiger charge is -2.21. The number of hydrogen-bond acceptors (Lipinski definition) is 3. The summed E-state index contributed by atoms with van der Waals surface area (Å²) < 4.78 is 12.6. The Kier molecular flexibility index (Phi) is 8.52. The smallest absolute Gasteiger partial charge is 0.307 e. The van der Waals surface area contributed by atoms with Crippen LogP contribution in [-0.2, 0) is 16.1 Å². The summed E-state index contributed by atoms with van der Waals surface area (Å²) in [5, 5.41) is 0. The number of carbonyl (C=O) groups is 1. The van der Waals surface area contributed by atoms with Crippen LogP contribution in [0.1, 0.15) is 48.8 Å². The van der Waals surface area contributed by atoms with Gasteiger partial charge in [0.25, 0.3) is 0 Å². The molecule has 4 heteroatoms. The van der Waals surface area contributed by atoms with Crippen LogP contribution in [0.25, 0.3) is 0 Å². The Hall–Kier alpha value is -2.59. The Balaban J connectivity index is 1.83. The first-order valence-corrected chi connectivity index (χ1v) is 11.1. The van der Waals surface area contributed by atoms with E-state index in [4.69, 9.17) is 9.47 Å². The molecule has 3 nitrogen and oxygen atoms in total. The highest BCUT2D eigenvalue weighted by atomic mass is 79.9. The molecule has 0 aromatic heterocycles. The van der Waals surface area contributed by atoms with E-state index >= 15 is 0 Å². The highest BCUT2D eigenvalue weighted by Crippen LogP contribution is 2.36. The molecule has 30 heavy (non-hydrogen) atoms. The van der Waals surface area contributed by atoms with E-state index in [1.807, 2.05) is 78.9 Å². The van der Waals surface area contributed by atoms with Crippen LogP contribution >= 0.6 is 15.9 Å². The number of hydrogen-bond donors (Lipinski definition) is 0. The summed E-state index contributed by atoms with van der Waals surface area (Å²) in [6, 6.07) is 25.8. The standard InChI is InChI=1S/C26H27BrO3/c1-2-3-16-29-25-15-14-22(27)17-24(25)23(21-12-8-5-9-13-21)18-26(28)30-19-20-10-6-4-7-11-20/h4-15,17,23H,2-3,16,18-19H2,1H3/t23-/m1/s1. The third kappa shape index (κ3) is 6.46. The van der Waals surface area contributed by atoms with Gasteiger partial charge in [-0.1, -0.05) is 89.9 Å². The van der Waals surface area contributed by atoms with Crippen LogP contribution in [0, 0.1) is 0 Å². The molecule has 0 spiro atoms. The van der Waals surface area contributed by atoms with Crippen LogP contribution in [0.4, 0.5) is 0 Å². The highest BCUT2D eigenvalue weighted by Gasteiger charge is 2.23. The number of unbranched alkanes of at least 4 members (excludes halogenated alkanes) is 1. The minimum atomic E-state index is -0.229. The number of rotatable bonds is 10. The van der Waals surface area contributed by atoms with Gasteiger partial charge < -0.3 is 9.47 Å². The SMILES string of the molecule is CCCCOc1ccc(Br)cc1[C@H](CC(=O)OCc1ccccc1)c1ccccc1. The van der Waals surface area contributed by atoms with Gasteiger partial charge in [0.05, 0.1) is 13.0 Å². The van der Waals surface area contributed by atoms with Crippen LogP contribution in [0.5, 0.6) is 5.75 Å². The molecule has 0 bridgehead atoms. The van der Waals surface area contributed by atoms with Crippen LogP contribution in [0.2, 0.25) is 0 Å². The van der Waals surface area contributed by atoms with Crippen LogP contribution in [0.3, 0.4) is 0 Å². The Bertz CT molecular complexity index is 926. The summed E-state index contributed by atoms with van der Waals surface area (Å²) >= 11 is 3.57. The van der Waals surface area contributed by atoms with Crippen molar-refractivity contribution in [2.75, 3.05) is 6.61 Å². The van der Waals surface area contributed by atoms with Gasteiger partial charge in [0.2, 0.25) is 0 Å². The third-order valence-electron chi connectivity index (χ3n) is 4.92. The summed E-state index contributed by atoms with van der Waals surface area (Å²) in [6.07, 6.45) is 2.31. The number of ether oxygens (including phenoxy) is 2. The maximum atomic E-state index is 12.8. The van der Waals surface area contributed by atoms with Crippen molar-refractivity contribution in [1.29, 1.82) is 0 Å². The topological polar surface area (TPSA) is 35.5 Å². The van der Waals surface area contributed by atoms with Crippen LogP contribution < -0.4 is 4.74 Å². The first-order valence-electron chi connectivity index (χ1n) is 10.3. The molecule has 1 atom stereocenters. The van der Waals surface area contributed by atoms with E-state index in [9.17, 15) is 4.79 Å². The van der Waals surface area contributed by atoms with E-state index in [1.165, 1.54) is 0 Å². The molecule has 0 aliphatic carbocycles. The van der Waals surface area contributed by atoms with E-state index in [1.54, 1.807) is 0 Å². The minimum absolute atomic E-state index is 0.149. The first kappa shape index (κ1) is 22.1. The average molecular weight is 467 g/mol. The van der Waals surface area contributed by atoms with Gasteiger partial charge in [-0.15, -0.1) is 0 Å². The molecule has 0 N–H and O–H groups in total. The predicted octanol–water partition coefficient (Wildman–Crippen LogP) is 6.89. The number of esters is 1. The maximum Gasteiger partial charge on any atom is 0.307 e. The van der Waals surface area contributed by atoms with Crippen molar-refractivity contribution >= 4 is 21.9 Å². The zero-order chi connectivity index (χ0) is 21.2. The van der Waals surface area contributed by atoms with Crippen molar-refractivity contribution in [3.8, 4) is 5.75 Å². The second-order valence-corrected chi connectivity index (χ2v) is 8.11. The molecule has 0 aliphatic heterocycles. The number of benzene rings is 3. The van der Waals surface area contributed by atoms with E-state index in [2.05, 4.69) is 22.9 Å². The molecular weight excluding hydrogens is 440 g/mol. The van der Waals surface area contributed by atoms with Crippen molar-refractivity contribution in [2.45, 2.75) is 38.7 Å². The highest BCUT2D eigenvalue weighted by molar-refractivity contribution is 9.10. The normalized spacial score (nSPS) is 11.7. The molecule has 156 valence electrons. The lowest BCUT2D eigenvalue weighted by Crippen LogP contribution is -2.13. The second-order valence-electron chi connectivity index (χ2n) is 7.20. The van der Waals surface area contributed by atoms with E-state index in [0.29, 0.717) is 6.61 Å². The molecule has 3 rings (SSSR count). The number of carbonyl (C=O) groups excluding carboxylic acids is 1. The van der Waals surface area contributed by atoms with Gasteiger partial charge in [0, 0.05) is 16.0 Å². The fraction of sp³-hybridized carbons (Fsp3) is 0.269. The van der Waals surface area contributed by atoms with E-state index in [0.717, 1.165) is 39.8 Å². The molecule has 0 unspecified atom stereocenters. The Morgan fingerprint density at radius 3 is 2.37 bits per heavy atom. The predicted molar refractivity (Wildman–Crippen MR) is 124 cm³/mol. The summed E-state index contributed by atoms with van der Waals surface area (Å²) in [6.45, 7) is 3.08. The summed E-state index contributed by atoms with van der Waals surface area (Å²) in [5.41, 5.74) is 3.03. The van der Waals surface area contributed by atoms with Crippen molar-refractivity contribution in [2.24, 2.45) is 0 Å². The quantitative estimate of drug-likeness (QED) is 0.241. The summed E-state index contributed by atoms with van der Waals surface area (Å²) in [5.74, 6) is 0.437. The molecule has 0 saturated carbocycles. The Morgan fingerprint density at radius 2 is 1.67 bits per heavy atom. The molecule has 3 aromatic rings. The van der Waals surface area contributed by atoms with Gasteiger partial charge in [-0.25, -0.2) is 0 Å².